The summed E-state index contributed by atoms with van der Waals surface area (Å²) < 4.78 is 6.91. The number of nitrogens with zero attached hydrogens (tertiary/aromatic N) is 4. The van der Waals surface area contributed by atoms with Crippen LogP contribution in [0.3, 0.4) is 0 Å². The van der Waals surface area contributed by atoms with Crippen molar-refractivity contribution in [3.63, 3.8) is 0 Å². The normalized spacial score (nSPS) is 11.4. The van der Waals surface area contributed by atoms with Gasteiger partial charge in [-0.15, -0.1) is 0 Å². The van der Waals surface area contributed by atoms with Crippen LogP contribution < -0.4 is 10.1 Å². The predicted octanol–water partition coefficient (Wildman–Crippen LogP) is 3.28. The summed E-state index contributed by atoms with van der Waals surface area (Å²) in [5.74, 6) is 0.251. The maximum absolute atomic E-state index is 12.6. The van der Waals surface area contributed by atoms with E-state index in [9.17, 15) is 4.79 Å². The highest BCUT2D eigenvalue weighted by Crippen LogP contribution is 2.34. The van der Waals surface area contributed by atoms with Gasteiger partial charge in [0.15, 0.2) is 5.13 Å². The molecule has 0 aliphatic rings. The van der Waals surface area contributed by atoms with E-state index in [1.54, 1.807) is 29.2 Å². The van der Waals surface area contributed by atoms with Crippen molar-refractivity contribution in [2.75, 3.05) is 12.4 Å². The van der Waals surface area contributed by atoms with Crippen LogP contribution in [-0.2, 0) is 5.41 Å². The molecule has 1 N–H and O–H groups in total. The summed E-state index contributed by atoms with van der Waals surface area (Å²) in [6.45, 7) is 6.19. The molecule has 0 unspecified atom stereocenters. The number of para-hydroxylation sites is 1. The van der Waals surface area contributed by atoms with Gasteiger partial charge in [-0.25, -0.2) is 14.6 Å². The van der Waals surface area contributed by atoms with Crippen LogP contribution in [0, 0.1) is 0 Å². The molecule has 0 radical (unpaired) electrons. The summed E-state index contributed by atoms with van der Waals surface area (Å²) in [5.41, 5.74) is 1.10. The number of hydrogen-bond donors (Lipinski definition) is 1. The van der Waals surface area contributed by atoms with Crippen molar-refractivity contribution in [2.45, 2.75) is 26.2 Å². The third-order valence-corrected chi connectivity index (χ3v) is 4.48. The van der Waals surface area contributed by atoms with E-state index in [4.69, 9.17) is 4.74 Å². The molecular formula is C17H19N5O2S. The first-order valence-electron chi connectivity index (χ1n) is 7.71. The number of aromatic nitrogens is 4. The first-order valence-corrected chi connectivity index (χ1v) is 8.52. The lowest BCUT2D eigenvalue weighted by molar-refractivity contribution is 0.102. The molecule has 0 spiro atoms. The van der Waals surface area contributed by atoms with Gasteiger partial charge in [-0.1, -0.05) is 44.2 Å². The maximum atomic E-state index is 12.6. The molecule has 8 heteroatoms. The molecule has 3 rings (SSSR count). The SMILES string of the molecule is COc1ccccc1C(=O)Nc1nc(C(C)(C)C)c(-n2cncn2)s1. The quantitative estimate of drug-likeness (QED) is 0.775. The van der Waals surface area contributed by atoms with Gasteiger partial charge in [0, 0.05) is 5.41 Å². The van der Waals surface area contributed by atoms with Crippen LogP contribution in [0.4, 0.5) is 5.13 Å². The van der Waals surface area contributed by atoms with E-state index in [-0.39, 0.29) is 11.3 Å². The molecule has 0 aliphatic carbocycles. The summed E-state index contributed by atoms with van der Waals surface area (Å²) in [6, 6.07) is 7.07. The van der Waals surface area contributed by atoms with E-state index in [1.807, 2.05) is 6.07 Å². The fourth-order valence-electron chi connectivity index (χ4n) is 2.32. The number of nitrogens with one attached hydrogen (secondary N) is 1. The summed E-state index contributed by atoms with van der Waals surface area (Å²) in [7, 11) is 1.54. The fraction of sp³-hybridized carbons (Fsp3) is 0.294. The van der Waals surface area contributed by atoms with E-state index in [0.717, 1.165) is 10.7 Å². The van der Waals surface area contributed by atoms with Crippen LogP contribution in [0.1, 0.15) is 36.8 Å². The Morgan fingerprint density at radius 2 is 2.04 bits per heavy atom. The molecule has 0 fully saturated rings. The number of rotatable bonds is 4. The van der Waals surface area contributed by atoms with Crippen LogP contribution in [-0.4, -0.2) is 32.8 Å². The summed E-state index contributed by atoms with van der Waals surface area (Å²) >= 11 is 1.36. The summed E-state index contributed by atoms with van der Waals surface area (Å²) in [4.78, 5) is 21.2. The smallest absolute Gasteiger partial charge is 0.261 e. The minimum absolute atomic E-state index is 0.203. The van der Waals surface area contributed by atoms with Crippen molar-refractivity contribution < 1.29 is 9.53 Å². The van der Waals surface area contributed by atoms with Crippen molar-refractivity contribution in [3.05, 3.63) is 48.2 Å². The summed E-state index contributed by atoms with van der Waals surface area (Å²) in [6.07, 6.45) is 3.09. The van der Waals surface area contributed by atoms with E-state index in [0.29, 0.717) is 16.4 Å². The average Bonchev–Trinajstić information content (AvgIpc) is 3.23. The molecule has 25 heavy (non-hydrogen) atoms. The number of thiazole rings is 1. The highest BCUT2D eigenvalue weighted by atomic mass is 32.1. The number of hydrogen-bond acceptors (Lipinski definition) is 6. The van der Waals surface area contributed by atoms with E-state index in [1.165, 1.54) is 24.8 Å². The first-order chi connectivity index (χ1) is 11.9. The minimum Gasteiger partial charge on any atom is -0.496 e. The van der Waals surface area contributed by atoms with Gasteiger partial charge in [0.25, 0.3) is 5.91 Å². The van der Waals surface area contributed by atoms with Crippen LogP contribution in [0.25, 0.3) is 5.00 Å². The van der Waals surface area contributed by atoms with Gasteiger partial charge in [0.1, 0.15) is 23.4 Å². The lowest BCUT2D eigenvalue weighted by Gasteiger charge is -2.16. The monoisotopic (exact) mass is 357 g/mol. The number of anilines is 1. The molecule has 0 saturated carbocycles. The highest BCUT2D eigenvalue weighted by molar-refractivity contribution is 7.18. The molecule has 0 aliphatic heterocycles. The number of amides is 1. The number of carbonyl (C=O) groups excluding carboxylic acids is 1. The van der Waals surface area contributed by atoms with Gasteiger partial charge in [-0.05, 0) is 12.1 Å². The Bertz CT molecular complexity index is 881. The third kappa shape index (κ3) is 3.53. The first kappa shape index (κ1) is 17.1. The second-order valence-electron chi connectivity index (χ2n) is 6.42. The van der Waals surface area contributed by atoms with E-state index < -0.39 is 0 Å². The zero-order valence-electron chi connectivity index (χ0n) is 14.5. The number of ether oxygens (including phenoxy) is 1. The molecule has 0 bridgehead atoms. The largest absolute Gasteiger partial charge is 0.496 e. The Morgan fingerprint density at radius 1 is 1.28 bits per heavy atom. The van der Waals surface area contributed by atoms with Gasteiger partial charge in [-0.3, -0.25) is 10.1 Å². The lowest BCUT2D eigenvalue weighted by atomic mass is 9.92. The molecule has 0 atom stereocenters. The van der Waals surface area contributed by atoms with E-state index >= 15 is 0 Å². The topological polar surface area (TPSA) is 81.9 Å². The second-order valence-corrected chi connectivity index (χ2v) is 7.39. The molecule has 130 valence electrons. The zero-order chi connectivity index (χ0) is 18.0. The molecule has 3 aromatic rings. The highest BCUT2D eigenvalue weighted by Gasteiger charge is 2.26. The third-order valence-electron chi connectivity index (χ3n) is 3.52. The Kier molecular flexibility index (Phi) is 4.54. The molecule has 7 nitrogen and oxygen atoms in total. The van der Waals surface area contributed by atoms with Crippen LogP contribution in [0.15, 0.2) is 36.9 Å². The van der Waals surface area contributed by atoms with Gasteiger partial charge in [0.2, 0.25) is 0 Å². The molecule has 2 heterocycles. The number of benzene rings is 1. The standard InChI is InChI=1S/C17H19N5O2S/c1-17(2,3)13-15(22-10-18-9-19-22)25-16(20-13)21-14(23)11-7-5-6-8-12(11)24-4/h5-10H,1-4H3,(H,20,21,23). The van der Waals surface area contributed by atoms with Gasteiger partial charge in [-0.2, -0.15) is 5.10 Å². The van der Waals surface area contributed by atoms with Gasteiger partial charge < -0.3 is 4.74 Å². The van der Waals surface area contributed by atoms with Crippen molar-refractivity contribution in [1.82, 2.24) is 19.7 Å². The van der Waals surface area contributed by atoms with Crippen molar-refractivity contribution in [3.8, 4) is 10.8 Å². The van der Waals surface area contributed by atoms with Crippen LogP contribution in [0.2, 0.25) is 0 Å². The Hall–Kier alpha value is -2.74. The predicted molar refractivity (Wildman–Crippen MR) is 96.7 cm³/mol. The molecule has 2 aromatic heterocycles. The van der Waals surface area contributed by atoms with Crippen molar-refractivity contribution >= 4 is 22.4 Å². The second kappa shape index (κ2) is 6.64. The number of carbonyl (C=O) groups is 1. The maximum Gasteiger partial charge on any atom is 0.261 e. The zero-order valence-corrected chi connectivity index (χ0v) is 15.3. The summed E-state index contributed by atoms with van der Waals surface area (Å²) in [5, 5.41) is 8.38. The Labute approximate surface area is 149 Å². The average molecular weight is 357 g/mol. The van der Waals surface area contributed by atoms with Crippen LogP contribution >= 0.6 is 11.3 Å². The lowest BCUT2D eigenvalue weighted by Crippen LogP contribution is -2.16. The van der Waals surface area contributed by atoms with Crippen molar-refractivity contribution in [2.24, 2.45) is 0 Å². The fourth-order valence-corrected chi connectivity index (χ4v) is 3.42. The molecule has 0 saturated heterocycles. The molecule has 1 aromatic carbocycles. The Morgan fingerprint density at radius 3 is 2.68 bits per heavy atom. The van der Waals surface area contributed by atoms with Crippen LogP contribution in [0.5, 0.6) is 5.75 Å². The van der Waals surface area contributed by atoms with Crippen molar-refractivity contribution in [1.29, 1.82) is 0 Å². The minimum atomic E-state index is -0.267. The van der Waals surface area contributed by atoms with E-state index in [2.05, 4.69) is 41.2 Å². The van der Waals surface area contributed by atoms with Gasteiger partial charge in [0.05, 0.1) is 18.4 Å². The Balaban J connectivity index is 1.95. The van der Waals surface area contributed by atoms with Gasteiger partial charge >= 0.3 is 0 Å². The molecular weight excluding hydrogens is 338 g/mol. The molecule has 1 amide bonds. The number of methoxy groups -OCH3 is 1.